The maximum Gasteiger partial charge on any atom is 0.229 e. The lowest BCUT2D eigenvalue weighted by Crippen LogP contribution is -2.36. The summed E-state index contributed by atoms with van der Waals surface area (Å²) in [5.74, 6) is 6.58. The maximum absolute atomic E-state index is 12.7. The van der Waals surface area contributed by atoms with E-state index < -0.39 is 9.52 Å². The van der Waals surface area contributed by atoms with Gasteiger partial charge in [0, 0.05) is 54.3 Å². The number of nitrogens with zero attached hydrogens (tertiary/aromatic N) is 4. The van der Waals surface area contributed by atoms with Gasteiger partial charge in [0.15, 0.2) is 11.5 Å². The van der Waals surface area contributed by atoms with E-state index in [0.717, 1.165) is 22.6 Å². The fourth-order valence-corrected chi connectivity index (χ4v) is 6.81. The first-order valence-electron chi connectivity index (χ1n) is 11.6. The molecule has 11 heteroatoms. The van der Waals surface area contributed by atoms with Gasteiger partial charge in [-0.1, -0.05) is 12.1 Å². The van der Waals surface area contributed by atoms with Crippen LogP contribution in [0.1, 0.15) is 0 Å². The summed E-state index contributed by atoms with van der Waals surface area (Å²) in [4.78, 5) is 25.7. The van der Waals surface area contributed by atoms with E-state index in [1.165, 1.54) is 11.3 Å². The molecule has 1 N–H and O–H groups in total. The van der Waals surface area contributed by atoms with Gasteiger partial charge >= 0.3 is 0 Å². The standard InChI is InChI=1S/C25H25N5O4S2/c1-36(32)13-10-30(16-36)21-6-7-26-25(28-21)27-18-4-2-17(3-5-18)19-15-35-24-20(31)14-22(34-23(19)24)29-8-11-33-12-9-29/h2-7,14-15H,1,8-13,16H2,(H,26,27,28). The largest absolute Gasteiger partial charge is 0.439 e. The van der Waals surface area contributed by atoms with Crippen LogP contribution in [0.2, 0.25) is 0 Å². The Morgan fingerprint density at radius 1 is 1.08 bits per heavy atom. The number of fused-ring (bicyclic) bond motifs is 1. The van der Waals surface area contributed by atoms with Gasteiger partial charge < -0.3 is 24.3 Å². The molecule has 6 rings (SSSR count). The summed E-state index contributed by atoms with van der Waals surface area (Å²) in [5, 5.41) is 5.20. The summed E-state index contributed by atoms with van der Waals surface area (Å²) >= 11 is 1.40. The van der Waals surface area contributed by atoms with E-state index >= 15 is 0 Å². The summed E-state index contributed by atoms with van der Waals surface area (Å²) in [6.45, 7) is 3.31. The van der Waals surface area contributed by atoms with E-state index in [1.54, 1.807) is 12.3 Å². The topological polar surface area (TPSA) is 101 Å². The van der Waals surface area contributed by atoms with Crippen molar-refractivity contribution < 1.29 is 13.4 Å². The van der Waals surface area contributed by atoms with Crippen LogP contribution in [0.3, 0.4) is 0 Å². The maximum atomic E-state index is 12.7. The molecular weight excluding hydrogens is 498 g/mol. The van der Waals surface area contributed by atoms with Gasteiger partial charge in [0.2, 0.25) is 11.4 Å². The molecule has 9 nitrogen and oxygen atoms in total. The summed E-state index contributed by atoms with van der Waals surface area (Å²) in [5.41, 5.74) is 3.24. The SMILES string of the molecule is C=S1(=O)CCN(c2ccnc(Nc3ccc(-c4csc5c(=O)cc(N6CCOCC6)oc45)cc3)n2)C1. The minimum atomic E-state index is -2.06. The molecule has 4 aromatic rings. The van der Waals surface area contributed by atoms with Crippen molar-refractivity contribution in [2.75, 3.05) is 59.6 Å². The lowest BCUT2D eigenvalue weighted by Gasteiger charge is -2.27. The van der Waals surface area contributed by atoms with Gasteiger partial charge in [-0.3, -0.25) is 9.00 Å². The summed E-state index contributed by atoms with van der Waals surface area (Å²) in [7, 11) is -2.06. The zero-order valence-electron chi connectivity index (χ0n) is 19.5. The Hall–Kier alpha value is -3.41. The monoisotopic (exact) mass is 523 g/mol. The minimum Gasteiger partial charge on any atom is -0.439 e. The van der Waals surface area contributed by atoms with Crippen LogP contribution in [-0.4, -0.2) is 64.5 Å². The average Bonchev–Trinajstić information content (AvgIpc) is 3.49. The second-order valence-electron chi connectivity index (χ2n) is 8.86. The number of thiophene rings is 1. The van der Waals surface area contributed by atoms with Crippen molar-refractivity contribution in [2.45, 2.75) is 0 Å². The molecule has 0 radical (unpaired) electrons. The molecule has 3 aromatic heterocycles. The first-order chi connectivity index (χ1) is 17.4. The molecule has 1 atom stereocenters. The first kappa shape index (κ1) is 23.0. The van der Waals surface area contributed by atoms with Gasteiger partial charge in [-0.05, 0) is 39.2 Å². The molecule has 0 bridgehead atoms. The van der Waals surface area contributed by atoms with Crippen LogP contribution in [0.15, 0.2) is 57.2 Å². The van der Waals surface area contributed by atoms with Crippen molar-refractivity contribution in [3.8, 4) is 11.1 Å². The van der Waals surface area contributed by atoms with E-state index in [0.29, 0.717) is 66.6 Å². The molecule has 0 amide bonds. The highest BCUT2D eigenvalue weighted by atomic mass is 32.2. The third kappa shape index (κ3) is 4.57. The number of aromatic nitrogens is 2. The molecular formula is C25H25N5O4S2. The second-order valence-corrected chi connectivity index (χ2v) is 12.3. The van der Waals surface area contributed by atoms with Crippen molar-refractivity contribution in [3.63, 3.8) is 0 Å². The van der Waals surface area contributed by atoms with Crippen LogP contribution >= 0.6 is 11.3 Å². The van der Waals surface area contributed by atoms with E-state index in [9.17, 15) is 9.00 Å². The Labute approximate surface area is 212 Å². The van der Waals surface area contributed by atoms with Crippen LogP contribution in [0, 0.1) is 0 Å². The summed E-state index contributed by atoms with van der Waals surface area (Å²) in [6.07, 6.45) is 1.69. The fourth-order valence-electron chi connectivity index (χ4n) is 4.39. The number of morpholine rings is 1. The van der Waals surface area contributed by atoms with Crippen molar-refractivity contribution in [1.82, 2.24) is 9.97 Å². The summed E-state index contributed by atoms with van der Waals surface area (Å²) < 4.78 is 24.5. The molecule has 1 aromatic carbocycles. The number of rotatable bonds is 5. The molecule has 36 heavy (non-hydrogen) atoms. The van der Waals surface area contributed by atoms with E-state index in [-0.39, 0.29) is 5.43 Å². The third-order valence-electron chi connectivity index (χ3n) is 6.29. The van der Waals surface area contributed by atoms with Gasteiger partial charge in [-0.2, -0.15) is 4.98 Å². The molecule has 2 aliphatic heterocycles. The van der Waals surface area contributed by atoms with Gasteiger partial charge in [0.25, 0.3) is 0 Å². The predicted molar refractivity (Wildman–Crippen MR) is 146 cm³/mol. The van der Waals surface area contributed by atoms with Crippen LogP contribution in [0.5, 0.6) is 0 Å². The number of benzene rings is 1. The molecule has 2 fully saturated rings. The number of nitrogens with one attached hydrogen (secondary N) is 1. The van der Waals surface area contributed by atoms with Gasteiger partial charge in [0.05, 0.1) is 19.1 Å². The zero-order chi connectivity index (χ0) is 24.7. The molecule has 0 aliphatic carbocycles. The highest BCUT2D eigenvalue weighted by Gasteiger charge is 2.22. The second kappa shape index (κ2) is 9.23. The van der Waals surface area contributed by atoms with Crippen LogP contribution < -0.4 is 20.5 Å². The number of anilines is 4. The average molecular weight is 524 g/mol. The molecule has 0 spiro atoms. The van der Waals surface area contributed by atoms with Crippen molar-refractivity contribution in [3.05, 3.63) is 58.2 Å². The smallest absolute Gasteiger partial charge is 0.229 e. The number of hydrogen-bond donors (Lipinski definition) is 1. The number of ether oxygens (including phenoxy) is 1. The van der Waals surface area contributed by atoms with E-state index in [4.69, 9.17) is 9.15 Å². The fraction of sp³-hybridized carbons (Fsp3) is 0.280. The molecule has 1 unspecified atom stereocenters. The Morgan fingerprint density at radius 3 is 2.64 bits per heavy atom. The molecule has 186 valence electrons. The lowest BCUT2D eigenvalue weighted by molar-refractivity contribution is 0.121. The molecule has 2 aliphatic rings. The van der Waals surface area contributed by atoms with Crippen molar-refractivity contribution in [2.24, 2.45) is 0 Å². The third-order valence-corrected chi connectivity index (χ3v) is 8.98. The van der Waals surface area contributed by atoms with Gasteiger partial charge in [-0.25, -0.2) is 4.98 Å². The van der Waals surface area contributed by atoms with E-state index in [1.807, 2.05) is 45.5 Å². The Kier molecular flexibility index (Phi) is 5.90. The Balaban J connectivity index is 1.24. The number of hydrogen-bond acceptors (Lipinski definition) is 10. The predicted octanol–water partition coefficient (Wildman–Crippen LogP) is 3.39. The van der Waals surface area contributed by atoms with Crippen molar-refractivity contribution >= 4 is 60.3 Å². The van der Waals surface area contributed by atoms with Crippen LogP contribution in [0.4, 0.5) is 23.3 Å². The molecule has 5 heterocycles. The first-order valence-corrected chi connectivity index (χ1v) is 14.6. The van der Waals surface area contributed by atoms with E-state index in [2.05, 4.69) is 21.2 Å². The summed E-state index contributed by atoms with van der Waals surface area (Å²) in [6, 6.07) is 11.2. The Morgan fingerprint density at radius 2 is 1.89 bits per heavy atom. The van der Waals surface area contributed by atoms with Gasteiger partial charge in [0.1, 0.15) is 10.5 Å². The Bertz CT molecular complexity index is 1570. The quantitative estimate of drug-likeness (QED) is 0.395. The normalized spacial score (nSPS) is 20.2. The highest BCUT2D eigenvalue weighted by Crippen LogP contribution is 2.35. The van der Waals surface area contributed by atoms with Gasteiger partial charge in [-0.15, -0.1) is 11.3 Å². The minimum absolute atomic E-state index is 0.0306. The highest BCUT2D eigenvalue weighted by molar-refractivity contribution is 8.00. The zero-order valence-corrected chi connectivity index (χ0v) is 21.1. The van der Waals surface area contributed by atoms with Crippen LogP contribution in [-0.2, 0) is 14.3 Å². The molecule has 0 saturated carbocycles. The lowest BCUT2D eigenvalue weighted by atomic mass is 10.1. The molecule has 2 saturated heterocycles. The van der Waals surface area contributed by atoms with Crippen molar-refractivity contribution in [1.29, 1.82) is 0 Å². The van der Waals surface area contributed by atoms with Crippen LogP contribution in [0.25, 0.3) is 21.4 Å².